The van der Waals surface area contributed by atoms with Gasteiger partial charge >= 0.3 is 0 Å². The third kappa shape index (κ3) is 4.69. The van der Waals surface area contributed by atoms with Gasteiger partial charge in [0, 0.05) is 44.9 Å². The summed E-state index contributed by atoms with van der Waals surface area (Å²) in [5, 5.41) is 20.9. The van der Waals surface area contributed by atoms with Crippen LogP contribution < -0.4 is 0 Å². The van der Waals surface area contributed by atoms with Gasteiger partial charge in [0.15, 0.2) is 0 Å². The minimum absolute atomic E-state index is 0.0571. The molecule has 0 aromatic heterocycles. The Morgan fingerprint density at radius 3 is 2.32 bits per heavy atom. The van der Waals surface area contributed by atoms with Gasteiger partial charge in [-0.15, -0.1) is 0 Å². The summed E-state index contributed by atoms with van der Waals surface area (Å²) in [6.45, 7) is 2.38. The fraction of sp³-hybridized carbons (Fsp3) is 0.571. The van der Waals surface area contributed by atoms with E-state index in [0.717, 1.165) is 0 Å². The molecule has 1 fully saturated rings. The molecule has 1 atom stereocenters. The molecule has 1 aromatic carbocycles. The number of aliphatic hydroxyl groups excluding tert-OH is 1. The molecule has 1 saturated heterocycles. The summed E-state index contributed by atoms with van der Waals surface area (Å²) >= 11 is 0. The van der Waals surface area contributed by atoms with Crippen LogP contribution in [0.5, 0.6) is 0 Å². The number of nitrogens with zero attached hydrogens (tertiary/aromatic N) is 3. The van der Waals surface area contributed by atoms with E-state index in [1.165, 1.54) is 18.2 Å². The maximum absolute atomic E-state index is 12.3. The summed E-state index contributed by atoms with van der Waals surface area (Å²) in [7, 11) is 0. The number of non-ortho nitro benzene ring substituents is 1. The van der Waals surface area contributed by atoms with Crippen LogP contribution in [0.3, 0.4) is 0 Å². The Bertz CT molecular complexity index is 508. The first-order valence-corrected chi connectivity index (χ1v) is 7.11. The van der Waals surface area contributed by atoms with Crippen molar-refractivity contribution < 1.29 is 18.8 Å². The Kier molecular flexibility index (Phi) is 5.76. The van der Waals surface area contributed by atoms with E-state index in [4.69, 9.17) is 0 Å². The predicted octanol–water partition coefficient (Wildman–Crippen LogP) is 1.51. The first-order chi connectivity index (χ1) is 10.5. The molecule has 1 unspecified atom stereocenters. The molecule has 0 radical (unpaired) electrons. The SMILES string of the molecule is O=[N+]([O-])c1cccc(C(O)CN2CCN(CC(F)F)CC2)c1. The number of hydrogen-bond donors (Lipinski definition) is 1. The van der Waals surface area contributed by atoms with Gasteiger partial charge in [-0.25, -0.2) is 8.78 Å². The molecule has 1 heterocycles. The standard InChI is InChI=1S/C14H19F2N3O3/c15-14(16)10-18-6-4-17(5-7-18)9-13(20)11-2-1-3-12(8-11)19(21)22/h1-3,8,13-14,20H,4-7,9-10H2. The van der Waals surface area contributed by atoms with Crippen LogP contribution in [0.25, 0.3) is 0 Å². The lowest BCUT2D eigenvalue weighted by atomic mass is 10.1. The maximum Gasteiger partial charge on any atom is 0.269 e. The van der Waals surface area contributed by atoms with Crippen molar-refractivity contribution in [1.29, 1.82) is 0 Å². The zero-order valence-electron chi connectivity index (χ0n) is 12.1. The summed E-state index contributed by atoms with van der Waals surface area (Å²) < 4.78 is 24.6. The van der Waals surface area contributed by atoms with Gasteiger partial charge in [-0.3, -0.25) is 19.9 Å². The minimum atomic E-state index is -2.33. The molecule has 122 valence electrons. The maximum atomic E-state index is 12.3. The lowest BCUT2D eigenvalue weighted by Gasteiger charge is -2.35. The number of nitro benzene ring substituents is 1. The molecule has 22 heavy (non-hydrogen) atoms. The fourth-order valence-electron chi connectivity index (χ4n) is 2.55. The number of aliphatic hydroxyl groups is 1. The van der Waals surface area contributed by atoms with Crippen LogP contribution in [0, 0.1) is 10.1 Å². The molecule has 0 spiro atoms. The second kappa shape index (κ2) is 7.57. The predicted molar refractivity (Wildman–Crippen MR) is 76.9 cm³/mol. The molecule has 1 aliphatic rings. The van der Waals surface area contributed by atoms with E-state index in [2.05, 4.69) is 0 Å². The highest BCUT2D eigenvalue weighted by Gasteiger charge is 2.22. The van der Waals surface area contributed by atoms with E-state index in [0.29, 0.717) is 38.3 Å². The molecule has 6 nitrogen and oxygen atoms in total. The molecule has 8 heteroatoms. The number of piperazine rings is 1. The topological polar surface area (TPSA) is 69.8 Å². The Morgan fingerprint density at radius 2 is 1.77 bits per heavy atom. The van der Waals surface area contributed by atoms with Crippen LogP contribution in [0.2, 0.25) is 0 Å². The van der Waals surface area contributed by atoms with Gasteiger partial charge < -0.3 is 5.11 Å². The molecule has 1 aliphatic heterocycles. The van der Waals surface area contributed by atoms with E-state index < -0.39 is 17.5 Å². The van der Waals surface area contributed by atoms with Crippen molar-refractivity contribution in [3.05, 3.63) is 39.9 Å². The lowest BCUT2D eigenvalue weighted by Crippen LogP contribution is -2.48. The summed E-state index contributed by atoms with van der Waals surface area (Å²) in [6.07, 6.45) is -3.16. The molecular formula is C14H19F2N3O3. The number of hydrogen-bond acceptors (Lipinski definition) is 5. The molecule has 0 aliphatic carbocycles. The summed E-state index contributed by atoms with van der Waals surface area (Å²) in [5.74, 6) is 0. The van der Waals surface area contributed by atoms with Crippen molar-refractivity contribution in [2.45, 2.75) is 12.5 Å². The molecule has 2 rings (SSSR count). The smallest absolute Gasteiger partial charge is 0.269 e. The zero-order chi connectivity index (χ0) is 16.1. The largest absolute Gasteiger partial charge is 0.387 e. The van der Waals surface area contributed by atoms with Gasteiger partial charge in [0.2, 0.25) is 0 Å². The van der Waals surface area contributed by atoms with Crippen molar-refractivity contribution in [3.8, 4) is 0 Å². The molecule has 0 amide bonds. The highest BCUT2D eigenvalue weighted by Crippen LogP contribution is 2.20. The van der Waals surface area contributed by atoms with E-state index in [-0.39, 0.29) is 12.2 Å². The average Bonchev–Trinajstić information content (AvgIpc) is 2.49. The van der Waals surface area contributed by atoms with Crippen molar-refractivity contribution >= 4 is 5.69 Å². The monoisotopic (exact) mass is 315 g/mol. The van der Waals surface area contributed by atoms with Gasteiger partial charge in [0.25, 0.3) is 12.1 Å². The Morgan fingerprint density at radius 1 is 1.18 bits per heavy atom. The van der Waals surface area contributed by atoms with Crippen molar-refractivity contribution in [2.24, 2.45) is 0 Å². The van der Waals surface area contributed by atoms with Gasteiger partial charge in [0.1, 0.15) is 0 Å². The molecule has 1 N–H and O–H groups in total. The van der Waals surface area contributed by atoms with Crippen molar-refractivity contribution in [2.75, 3.05) is 39.3 Å². The van der Waals surface area contributed by atoms with Crippen LogP contribution in [0.4, 0.5) is 14.5 Å². The van der Waals surface area contributed by atoms with E-state index in [1.54, 1.807) is 11.0 Å². The summed E-state index contributed by atoms with van der Waals surface area (Å²) in [5.41, 5.74) is 0.433. The number of rotatable bonds is 6. The number of halogens is 2. The molecule has 0 bridgehead atoms. The molecule has 0 saturated carbocycles. The Hall–Kier alpha value is -1.64. The van der Waals surface area contributed by atoms with E-state index in [1.807, 2.05) is 4.90 Å². The molecular weight excluding hydrogens is 296 g/mol. The van der Waals surface area contributed by atoms with Gasteiger partial charge in [0.05, 0.1) is 17.6 Å². The van der Waals surface area contributed by atoms with E-state index >= 15 is 0 Å². The second-order valence-electron chi connectivity index (χ2n) is 5.36. The summed E-state index contributed by atoms with van der Waals surface area (Å²) in [4.78, 5) is 13.9. The lowest BCUT2D eigenvalue weighted by molar-refractivity contribution is -0.385. The Labute approximate surface area is 127 Å². The number of β-amino-alcohol motifs (C(OH)–C–C–N with tert-alkyl or cyclic N) is 1. The van der Waals surface area contributed by atoms with Crippen LogP contribution in [-0.4, -0.2) is 65.5 Å². The normalized spacial score (nSPS) is 18.5. The van der Waals surface area contributed by atoms with Gasteiger partial charge in [-0.2, -0.15) is 0 Å². The zero-order valence-corrected chi connectivity index (χ0v) is 12.1. The first-order valence-electron chi connectivity index (χ1n) is 7.11. The Balaban J connectivity index is 1.86. The average molecular weight is 315 g/mol. The van der Waals surface area contributed by atoms with E-state index in [9.17, 15) is 24.0 Å². The number of benzene rings is 1. The quantitative estimate of drug-likeness (QED) is 0.636. The highest BCUT2D eigenvalue weighted by molar-refractivity contribution is 5.35. The van der Waals surface area contributed by atoms with Gasteiger partial charge in [-0.1, -0.05) is 12.1 Å². The fourth-order valence-corrected chi connectivity index (χ4v) is 2.55. The van der Waals surface area contributed by atoms with Crippen LogP contribution >= 0.6 is 0 Å². The minimum Gasteiger partial charge on any atom is -0.387 e. The number of alkyl halides is 2. The van der Waals surface area contributed by atoms with Crippen molar-refractivity contribution in [1.82, 2.24) is 9.80 Å². The molecule has 1 aromatic rings. The summed E-state index contributed by atoms with van der Waals surface area (Å²) in [6, 6.07) is 5.92. The highest BCUT2D eigenvalue weighted by atomic mass is 19.3. The van der Waals surface area contributed by atoms with Crippen molar-refractivity contribution in [3.63, 3.8) is 0 Å². The second-order valence-corrected chi connectivity index (χ2v) is 5.36. The van der Waals surface area contributed by atoms with Crippen LogP contribution in [0.15, 0.2) is 24.3 Å². The van der Waals surface area contributed by atoms with Crippen LogP contribution in [-0.2, 0) is 0 Å². The first kappa shape index (κ1) is 16.7. The third-order valence-corrected chi connectivity index (χ3v) is 3.76. The third-order valence-electron chi connectivity index (χ3n) is 3.76. The van der Waals surface area contributed by atoms with Crippen LogP contribution in [0.1, 0.15) is 11.7 Å². The number of nitro groups is 1. The van der Waals surface area contributed by atoms with Gasteiger partial charge in [-0.05, 0) is 5.56 Å².